The molecule has 0 spiro atoms. The molecule has 0 heterocycles. The van der Waals surface area contributed by atoms with E-state index in [9.17, 15) is 30.7 Å². The molecule has 0 aliphatic carbocycles. The molecule has 20 heavy (non-hydrogen) atoms. The van der Waals surface area contributed by atoms with E-state index in [1.54, 1.807) is 0 Å². The number of halogens is 8. The summed E-state index contributed by atoms with van der Waals surface area (Å²) in [6.07, 6.45) is -10.1. The van der Waals surface area contributed by atoms with Gasteiger partial charge in [-0.2, -0.15) is 26.3 Å². The summed E-state index contributed by atoms with van der Waals surface area (Å²) in [6, 6.07) is -0.475. The Kier molecular flexibility index (Phi) is 6.28. The first-order chi connectivity index (χ1) is 8.57. The third-order valence-electron chi connectivity index (χ3n) is 2.50. The van der Waals surface area contributed by atoms with Crippen LogP contribution in [0.5, 0.6) is 0 Å². The fraction of sp³-hybridized carbons (Fsp3) is 0.455. The SMILES string of the molecule is Cl.N[C@H](CCF)c1cc(C(F)(F)F)ccc1C(F)(F)F. The van der Waals surface area contributed by atoms with Gasteiger partial charge < -0.3 is 5.73 Å². The Morgan fingerprint density at radius 1 is 1.00 bits per heavy atom. The zero-order valence-corrected chi connectivity index (χ0v) is 10.7. The summed E-state index contributed by atoms with van der Waals surface area (Å²) < 4.78 is 87.4. The molecule has 0 fully saturated rings. The minimum Gasteiger partial charge on any atom is -0.324 e. The van der Waals surface area contributed by atoms with Gasteiger partial charge in [0.2, 0.25) is 0 Å². The molecular weight excluding hydrogens is 315 g/mol. The maximum absolute atomic E-state index is 12.6. The van der Waals surface area contributed by atoms with E-state index in [1.165, 1.54) is 0 Å². The molecular formula is C11H11ClF7N. The van der Waals surface area contributed by atoms with E-state index in [1.807, 2.05) is 0 Å². The van der Waals surface area contributed by atoms with E-state index in [0.29, 0.717) is 18.2 Å². The van der Waals surface area contributed by atoms with Gasteiger partial charge in [0, 0.05) is 6.04 Å². The zero-order valence-electron chi connectivity index (χ0n) is 9.85. The second-order valence-corrected chi connectivity index (χ2v) is 3.88. The molecule has 1 aromatic carbocycles. The second-order valence-electron chi connectivity index (χ2n) is 3.88. The fourth-order valence-corrected chi connectivity index (χ4v) is 1.58. The van der Waals surface area contributed by atoms with Gasteiger partial charge in [0.05, 0.1) is 17.8 Å². The molecule has 0 radical (unpaired) electrons. The molecule has 0 amide bonds. The number of hydrogen-bond donors (Lipinski definition) is 1. The Morgan fingerprint density at radius 2 is 1.55 bits per heavy atom. The van der Waals surface area contributed by atoms with Crippen molar-refractivity contribution < 1.29 is 30.7 Å². The lowest BCUT2D eigenvalue weighted by atomic mass is 9.96. The van der Waals surface area contributed by atoms with Crippen molar-refractivity contribution in [3.8, 4) is 0 Å². The van der Waals surface area contributed by atoms with E-state index in [4.69, 9.17) is 5.73 Å². The molecule has 0 saturated carbocycles. The van der Waals surface area contributed by atoms with E-state index in [2.05, 4.69) is 0 Å². The van der Waals surface area contributed by atoms with Crippen LogP contribution in [0.3, 0.4) is 0 Å². The van der Waals surface area contributed by atoms with E-state index < -0.39 is 48.2 Å². The van der Waals surface area contributed by atoms with Gasteiger partial charge >= 0.3 is 12.4 Å². The van der Waals surface area contributed by atoms with Crippen molar-refractivity contribution in [2.45, 2.75) is 24.8 Å². The summed E-state index contributed by atoms with van der Waals surface area (Å²) in [5, 5.41) is 0. The van der Waals surface area contributed by atoms with E-state index >= 15 is 0 Å². The second kappa shape index (κ2) is 6.62. The van der Waals surface area contributed by atoms with Gasteiger partial charge in [-0.15, -0.1) is 12.4 Å². The average Bonchev–Trinajstić information content (AvgIpc) is 2.26. The molecule has 1 aromatic rings. The predicted octanol–water partition coefficient (Wildman–Crippen LogP) is 4.51. The molecule has 1 rings (SSSR count). The third kappa shape index (κ3) is 4.52. The first-order valence-corrected chi connectivity index (χ1v) is 5.17. The topological polar surface area (TPSA) is 26.0 Å². The summed E-state index contributed by atoms with van der Waals surface area (Å²) in [5.74, 6) is 0. The van der Waals surface area contributed by atoms with Crippen molar-refractivity contribution in [2.75, 3.05) is 6.67 Å². The third-order valence-corrected chi connectivity index (χ3v) is 2.50. The van der Waals surface area contributed by atoms with E-state index in [0.717, 1.165) is 0 Å². The number of benzene rings is 1. The van der Waals surface area contributed by atoms with Gasteiger partial charge in [-0.1, -0.05) is 0 Å². The monoisotopic (exact) mass is 325 g/mol. The van der Waals surface area contributed by atoms with Crippen molar-refractivity contribution in [1.82, 2.24) is 0 Å². The maximum atomic E-state index is 12.6. The molecule has 0 bridgehead atoms. The van der Waals surface area contributed by atoms with Crippen LogP contribution < -0.4 is 5.73 Å². The Labute approximate surface area is 116 Å². The maximum Gasteiger partial charge on any atom is 0.416 e. The van der Waals surface area contributed by atoms with Crippen LogP contribution in [0, 0.1) is 0 Å². The highest BCUT2D eigenvalue weighted by molar-refractivity contribution is 5.85. The molecule has 116 valence electrons. The fourth-order valence-electron chi connectivity index (χ4n) is 1.58. The Balaban J connectivity index is 0.00000361. The van der Waals surface area contributed by atoms with Crippen molar-refractivity contribution >= 4 is 12.4 Å². The van der Waals surface area contributed by atoms with Crippen LogP contribution >= 0.6 is 12.4 Å². The minimum atomic E-state index is -4.84. The largest absolute Gasteiger partial charge is 0.416 e. The van der Waals surface area contributed by atoms with Crippen LogP contribution in [-0.4, -0.2) is 6.67 Å². The summed E-state index contributed by atoms with van der Waals surface area (Å²) >= 11 is 0. The number of hydrogen-bond acceptors (Lipinski definition) is 1. The summed E-state index contributed by atoms with van der Waals surface area (Å²) in [4.78, 5) is 0. The molecule has 0 aromatic heterocycles. The van der Waals surface area contributed by atoms with Gasteiger partial charge in [-0.05, 0) is 30.2 Å². The Hall–Kier alpha value is -1.02. The molecule has 2 N–H and O–H groups in total. The highest BCUT2D eigenvalue weighted by atomic mass is 35.5. The van der Waals surface area contributed by atoms with Crippen LogP contribution in [0.15, 0.2) is 18.2 Å². The van der Waals surface area contributed by atoms with Crippen LogP contribution in [0.4, 0.5) is 30.7 Å². The molecule has 0 aliphatic rings. The highest BCUT2D eigenvalue weighted by Gasteiger charge is 2.37. The predicted molar refractivity (Wildman–Crippen MR) is 61.2 cm³/mol. The molecule has 1 nitrogen and oxygen atoms in total. The van der Waals surface area contributed by atoms with Crippen molar-refractivity contribution in [3.05, 3.63) is 34.9 Å². The normalized spacial score (nSPS) is 13.8. The van der Waals surface area contributed by atoms with Gasteiger partial charge in [0.25, 0.3) is 0 Å². The Bertz CT molecular complexity index is 441. The molecule has 0 aliphatic heterocycles. The van der Waals surface area contributed by atoms with Crippen LogP contribution in [0.25, 0.3) is 0 Å². The summed E-state index contributed by atoms with van der Waals surface area (Å²) in [6.45, 7) is -1.02. The first kappa shape index (κ1) is 19.0. The molecule has 0 unspecified atom stereocenters. The number of alkyl halides is 7. The average molecular weight is 326 g/mol. The summed E-state index contributed by atoms with van der Waals surface area (Å²) in [7, 11) is 0. The molecule has 1 atom stereocenters. The van der Waals surface area contributed by atoms with Crippen LogP contribution in [-0.2, 0) is 12.4 Å². The number of nitrogens with two attached hydrogens (primary N) is 1. The smallest absolute Gasteiger partial charge is 0.324 e. The lowest BCUT2D eigenvalue weighted by Crippen LogP contribution is -2.19. The van der Waals surface area contributed by atoms with Gasteiger partial charge in [0.1, 0.15) is 0 Å². The number of rotatable bonds is 3. The van der Waals surface area contributed by atoms with Gasteiger partial charge in [0.15, 0.2) is 0 Å². The van der Waals surface area contributed by atoms with Crippen LogP contribution in [0.2, 0.25) is 0 Å². The highest BCUT2D eigenvalue weighted by Crippen LogP contribution is 2.38. The molecule has 0 saturated heterocycles. The quantitative estimate of drug-likeness (QED) is 0.813. The van der Waals surface area contributed by atoms with Crippen molar-refractivity contribution in [3.63, 3.8) is 0 Å². The standard InChI is InChI=1S/C11H10F7N.ClH/c12-4-3-9(19)7-5-6(10(13,14)15)1-2-8(7)11(16,17)18;/h1-2,5,9H,3-4,19H2;1H/t9-;/m1./s1. The van der Waals surface area contributed by atoms with Gasteiger partial charge in [-0.25, -0.2) is 0 Å². The van der Waals surface area contributed by atoms with E-state index in [-0.39, 0.29) is 12.4 Å². The van der Waals surface area contributed by atoms with Crippen molar-refractivity contribution in [2.24, 2.45) is 5.73 Å². The minimum absolute atomic E-state index is 0. The first-order valence-electron chi connectivity index (χ1n) is 5.17. The van der Waals surface area contributed by atoms with Crippen LogP contribution in [0.1, 0.15) is 29.2 Å². The lowest BCUT2D eigenvalue weighted by Gasteiger charge is -2.19. The summed E-state index contributed by atoms with van der Waals surface area (Å²) in [5.41, 5.74) is 2.04. The van der Waals surface area contributed by atoms with Crippen molar-refractivity contribution in [1.29, 1.82) is 0 Å². The lowest BCUT2D eigenvalue weighted by molar-refractivity contribution is -0.142. The van der Waals surface area contributed by atoms with Gasteiger partial charge in [-0.3, -0.25) is 4.39 Å². The zero-order chi connectivity index (χ0) is 14.8. The Morgan fingerprint density at radius 3 is 1.95 bits per heavy atom. The molecule has 9 heteroatoms.